The second-order valence-corrected chi connectivity index (χ2v) is 6.12. The van der Waals surface area contributed by atoms with Crippen molar-refractivity contribution in [2.75, 3.05) is 13.2 Å². The normalized spacial score (nSPS) is 17.0. The molecule has 0 unspecified atom stereocenters. The molecule has 0 spiro atoms. The minimum atomic E-state index is -0.276. The van der Waals surface area contributed by atoms with Gasteiger partial charge in [0.05, 0.1) is 18.1 Å². The third-order valence-electron chi connectivity index (χ3n) is 3.88. The first kappa shape index (κ1) is 16.7. The first-order valence-electron chi connectivity index (χ1n) is 7.82. The van der Waals surface area contributed by atoms with Gasteiger partial charge >= 0.3 is 0 Å². The van der Waals surface area contributed by atoms with Crippen molar-refractivity contribution in [1.29, 1.82) is 0 Å². The molecule has 0 bridgehead atoms. The number of hydrogen-bond donors (Lipinski definition) is 1. The van der Waals surface area contributed by atoms with Gasteiger partial charge in [-0.1, -0.05) is 23.7 Å². The molecule has 1 aromatic carbocycles. The van der Waals surface area contributed by atoms with E-state index in [1.165, 1.54) is 17.0 Å². The number of carbonyl (C=O) groups is 1. The molecule has 2 aromatic rings. The molecule has 1 aliphatic heterocycles. The van der Waals surface area contributed by atoms with E-state index in [9.17, 15) is 9.59 Å². The van der Waals surface area contributed by atoms with Gasteiger partial charge < -0.3 is 10.1 Å². The predicted molar refractivity (Wildman–Crippen MR) is 90.9 cm³/mol. The van der Waals surface area contributed by atoms with Crippen LogP contribution in [0.15, 0.2) is 41.5 Å². The maximum absolute atomic E-state index is 12.2. The number of nitrogens with one attached hydrogen (secondary N) is 1. The lowest BCUT2D eigenvalue weighted by atomic mass is 10.1. The summed E-state index contributed by atoms with van der Waals surface area (Å²) in [4.78, 5) is 28.4. The zero-order chi connectivity index (χ0) is 16.9. The Kier molecular flexibility index (Phi) is 5.27. The molecule has 1 aliphatic rings. The highest BCUT2D eigenvalue weighted by atomic mass is 35.5. The Morgan fingerprint density at radius 3 is 2.83 bits per heavy atom. The van der Waals surface area contributed by atoms with E-state index < -0.39 is 0 Å². The molecular formula is C17H18ClN3O3. The summed E-state index contributed by atoms with van der Waals surface area (Å²) >= 11 is 5.85. The van der Waals surface area contributed by atoms with E-state index in [0.29, 0.717) is 17.3 Å². The Balaban J connectivity index is 1.63. The number of benzene rings is 1. The van der Waals surface area contributed by atoms with Gasteiger partial charge in [-0.15, -0.1) is 0 Å². The van der Waals surface area contributed by atoms with Crippen LogP contribution in [0.5, 0.6) is 0 Å². The van der Waals surface area contributed by atoms with Crippen LogP contribution < -0.4 is 10.9 Å². The van der Waals surface area contributed by atoms with Gasteiger partial charge in [-0.25, -0.2) is 4.98 Å². The molecular weight excluding hydrogens is 330 g/mol. The van der Waals surface area contributed by atoms with Crippen molar-refractivity contribution in [3.63, 3.8) is 0 Å². The van der Waals surface area contributed by atoms with Crippen molar-refractivity contribution >= 4 is 17.5 Å². The fourth-order valence-electron chi connectivity index (χ4n) is 2.57. The SMILES string of the molecule is O=C(Cn1cnc(-c2ccc(Cl)cc2)cc1=O)NC[C@@H]1CCCO1. The first-order valence-corrected chi connectivity index (χ1v) is 8.20. The molecule has 0 saturated carbocycles. The van der Waals surface area contributed by atoms with Crippen LogP contribution in [0.2, 0.25) is 5.02 Å². The predicted octanol–water partition coefficient (Wildman–Crippen LogP) is 1.86. The monoisotopic (exact) mass is 347 g/mol. The van der Waals surface area contributed by atoms with E-state index in [-0.39, 0.29) is 24.1 Å². The minimum Gasteiger partial charge on any atom is -0.376 e. The van der Waals surface area contributed by atoms with Gasteiger partial charge in [0.1, 0.15) is 6.54 Å². The first-order chi connectivity index (χ1) is 11.6. The smallest absolute Gasteiger partial charge is 0.254 e. The van der Waals surface area contributed by atoms with E-state index in [0.717, 1.165) is 25.0 Å². The van der Waals surface area contributed by atoms with Crippen molar-refractivity contribution in [2.24, 2.45) is 0 Å². The van der Waals surface area contributed by atoms with Crippen LogP contribution in [-0.4, -0.2) is 34.7 Å². The number of hydrogen-bond acceptors (Lipinski definition) is 4. The third-order valence-corrected chi connectivity index (χ3v) is 4.14. The van der Waals surface area contributed by atoms with Crippen LogP contribution in [0.4, 0.5) is 0 Å². The van der Waals surface area contributed by atoms with E-state index >= 15 is 0 Å². The van der Waals surface area contributed by atoms with E-state index in [4.69, 9.17) is 16.3 Å². The van der Waals surface area contributed by atoms with Crippen LogP contribution in [0.1, 0.15) is 12.8 Å². The molecule has 6 nitrogen and oxygen atoms in total. The summed E-state index contributed by atoms with van der Waals surface area (Å²) in [5.74, 6) is -0.228. The van der Waals surface area contributed by atoms with Crippen LogP contribution in [0.3, 0.4) is 0 Å². The largest absolute Gasteiger partial charge is 0.376 e. The molecule has 0 aliphatic carbocycles. The molecule has 1 atom stereocenters. The van der Waals surface area contributed by atoms with Gasteiger partial charge in [-0.2, -0.15) is 0 Å². The maximum atomic E-state index is 12.2. The van der Waals surface area contributed by atoms with Crippen molar-refractivity contribution in [3.05, 3.63) is 52.0 Å². The van der Waals surface area contributed by atoms with Crippen molar-refractivity contribution in [1.82, 2.24) is 14.9 Å². The van der Waals surface area contributed by atoms with Crippen molar-refractivity contribution in [2.45, 2.75) is 25.5 Å². The lowest BCUT2D eigenvalue weighted by Gasteiger charge is -2.11. The highest BCUT2D eigenvalue weighted by Gasteiger charge is 2.16. The van der Waals surface area contributed by atoms with E-state index in [1.54, 1.807) is 24.3 Å². The maximum Gasteiger partial charge on any atom is 0.254 e. The summed E-state index contributed by atoms with van der Waals surface area (Å²) in [5.41, 5.74) is 1.07. The summed E-state index contributed by atoms with van der Waals surface area (Å²) in [5, 5.41) is 3.41. The lowest BCUT2D eigenvalue weighted by molar-refractivity contribution is -0.122. The van der Waals surface area contributed by atoms with Crippen LogP contribution in [-0.2, 0) is 16.1 Å². The Bertz CT molecular complexity index is 767. The minimum absolute atomic E-state index is 0.0561. The average Bonchev–Trinajstić information content (AvgIpc) is 3.09. The fraction of sp³-hybridized carbons (Fsp3) is 0.353. The van der Waals surface area contributed by atoms with Gasteiger partial charge in [0.25, 0.3) is 5.56 Å². The number of carbonyl (C=O) groups excluding carboxylic acids is 1. The standard InChI is InChI=1S/C17H18ClN3O3/c18-13-5-3-12(4-6-13)15-8-17(23)21(11-20-15)10-16(22)19-9-14-2-1-7-24-14/h3-6,8,11,14H,1-2,7,9-10H2,(H,19,22)/t14-/m0/s1. The Morgan fingerprint density at radius 1 is 1.38 bits per heavy atom. The molecule has 3 rings (SSSR count). The zero-order valence-corrected chi connectivity index (χ0v) is 13.8. The number of halogens is 1. The number of amides is 1. The summed E-state index contributed by atoms with van der Waals surface area (Å²) in [6.07, 6.45) is 3.45. The molecule has 0 radical (unpaired) electrons. The molecule has 1 saturated heterocycles. The quantitative estimate of drug-likeness (QED) is 0.896. The second kappa shape index (κ2) is 7.59. The van der Waals surface area contributed by atoms with Gasteiger partial charge in [0.15, 0.2) is 0 Å². The van der Waals surface area contributed by atoms with Crippen molar-refractivity contribution < 1.29 is 9.53 Å². The molecule has 24 heavy (non-hydrogen) atoms. The van der Waals surface area contributed by atoms with Crippen LogP contribution >= 0.6 is 11.6 Å². The number of nitrogens with zero attached hydrogens (tertiary/aromatic N) is 2. The zero-order valence-electron chi connectivity index (χ0n) is 13.1. The molecule has 1 aromatic heterocycles. The highest BCUT2D eigenvalue weighted by Crippen LogP contribution is 2.17. The van der Waals surface area contributed by atoms with Gasteiger partial charge in [-0.3, -0.25) is 14.2 Å². The van der Waals surface area contributed by atoms with Crippen LogP contribution in [0, 0.1) is 0 Å². The van der Waals surface area contributed by atoms with E-state index in [1.807, 2.05) is 0 Å². The Hall–Kier alpha value is -2.18. The summed E-state index contributed by atoms with van der Waals surface area (Å²) in [7, 11) is 0. The summed E-state index contributed by atoms with van der Waals surface area (Å²) in [6, 6.07) is 8.48. The average molecular weight is 348 g/mol. The van der Waals surface area contributed by atoms with Gasteiger partial charge in [0, 0.05) is 29.8 Å². The second-order valence-electron chi connectivity index (χ2n) is 5.69. The third kappa shape index (κ3) is 4.21. The molecule has 1 amide bonds. The highest BCUT2D eigenvalue weighted by molar-refractivity contribution is 6.30. The number of rotatable bonds is 5. The number of aromatic nitrogens is 2. The summed E-state index contributed by atoms with van der Waals surface area (Å²) in [6.45, 7) is 1.17. The Labute approximate surface area is 144 Å². The van der Waals surface area contributed by atoms with Crippen molar-refractivity contribution in [3.8, 4) is 11.3 Å². The topological polar surface area (TPSA) is 73.2 Å². The lowest BCUT2D eigenvalue weighted by Crippen LogP contribution is -2.36. The van der Waals surface area contributed by atoms with Gasteiger partial charge in [-0.05, 0) is 25.0 Å². The molecule has 126 valence electrons. The Morgan fingerprint density at radius 2 is 2.17 bits per heavy atom. The molecule has 1 fully saturated rings. The molecule has 2 heterocycles. The number of ether oxygens (including phenoxy) is 1. The summed E-state index contributed by atoms with van der Waals surface area (Å²) < 4.78 is 6.73. The fourth-order valence-corrected chi connectivity index (χ4v) is 2.69. The molecule has 7 heteroatoms. The molecule has 1 N–H and O–H groups in total. The van der Waals surface area contributed by atoms with E-state index in [2.05, 4.69) is 10.3 Å². The van der Waals surface area contributed by atoms with Crippen LogP contribution in [0.25, 0.3) is 11.3 Å². The van der Waals surface area contributed by atoms with Gasteiger partial charge in [0.2, 0.25) is 5.91 Å².